The molecule has 4 N–H and O–H groups in total. The highest BCUT2D eigenvalue weighted by Crippen LogP contribution is 2.24. The first kappa shape index (κ1) is 16.9. The van der Waals surface area contributed by atoms with Gasteiger partial charge in [0.05, 0.1) is 13.5 Å². The fraction of sp³-hybridized carbons (Fsp3) is 0.250. The van der Waals surface area contributed by atoms with Crippen molar-refractivity contribution in [3.05, 3.63) is 42.6 Å². The smallest absolute Gasteiger partial charge is 0.244 e. The minimum atomic E-state index is -2.58. The Bertz CT molecular complexity index is 788. The number of anilines is 1. The van der Waals surface area contributed by atoms with Gasteiger partial charge in [0, 0.05) is 17.8 Å². The molecule has 0 bridgehead atoms. The Morgan fingerprint density at radius 3 is 2.80 bits per heavy atom. The fourth-order valence-electron chi connectivity index (χ4n) is 2.32. The van der Waals surface area contributed by atoms with Gasteiger partial charge in [0.2, 0.25) is 12.3 Å². The summed E-state index contributed by atoms with van der Waals surface area (Å²) >= 11 is 0. The molecule has 1 atom stereocenters. The molecule has 9 heteroatoms. The third kappa shape index (κ3) is 4.13. The molecule has 0 saturated carbocycles. The highest BCUT2D eigenvalue weighted by atomic mass is 19.3. The predicted octanol–water partition coefficient (Wildman–Crippen LogP) is 2.55. The van der Waals surface area contributed by atoms with Gasteiger partial charge < -0.3 is 19.9 Å². The molecule has 0 aliphatic carbocycles. The molecule has 0 radical (unpaired) electrons. The Kier molecular flexibility index (Phi) is 4.66. The number of ether oxygens (including phenoxy) is 1. The van der Waals surface area contributed by atoms with Crippen LogP contribution in [-0.4, -0.2) is 30.3 Å². The first-order valence-corrected chi connectivity index (χ1v) is 7.47. The molecule has 3 rings (SSSR count). The zero-order chi connectivity index (χ0) is 17.9. The highest BCUT2D eigenvalue weighted by molar-refractivity contribution is 6.03. The van der Waals surface area contributed by atoms with Gasteiger partial charge in [-0.1, -0.05) is 5.16 Å². The summed E-state index contributed by atoms with van der Waals surface area (Å²) in [5.41, 5.74) is 7.25. The molecule has 1 aromatic carbocycles. The van der Waals surface area contributed by atoms with Gasteiger partial charge in [0.1, 0.15) is 17.3 Å². The number of halogens is 2. The van der Waals surface area contributed by atoms with E-state index in [1.165, 1.54) is 6.20 Å². The Morgan fingerprint density at radius 2 is 2.12 bits per heavy atom. The van der Waals surface area contributed by atoms with Gasteiger partial charge in [0.15, 0.2) is 5.79 Å². The van der Waals surface area contributed by atoms with Gasteiger partial charge >= 0.3 is 0 Å². The Balaban J connectivity index is 1.73. The van der Waals surface area contributed by atoms with Crippen LogP contribution in [0.3, 0.4) is 0 Å². The van der Waals surface area contributed by atoms with Crippen LogP contribution in [0.4, 0.5) is 14.7 Å². The average molecular weight is 349 g/mol. The fourth-order valence-corrected chi connectivity index (χ4v) is 2.32. The molecule has 1 aliphatic heterocycles. The van der Waals surface area contributed by atoms with Crippen LogP contribution >= 0.6 is 0 Å². The Morgan fingerprint density at radius 1 is 1.36 bits per heavy atom. The monoisotopic (exact) mass is 349 g/mol. The topological polar surface area (TPSA) is 97.7 Å². The number of amidine groups is 1. The van der Waals surface area contributed by atoms with Crippen LogP contribution < -0.4 is 21.1 Å². The lowest BCUT2D eigenvalue weighted by Crippen LogP contribution is -2.53. The minimum absolute atomic E-state index is 0.291. The molecule has 2 aromatic rings. The van der Waals surface area contributed by atoms with Gasteiger partial charge in [-0.3, -0.25) is 5.73 Å². The molecular weight excluding hydrogens is 332 g/mol. The quantitative estimate of drug-likeness (QED) is 0.767. The standard InChI is InChI=1S/C16H17F2N5O2/c1-24-11-4-2-10(3-5-11)12-8-15(25-23-12)21-14-6-7-20-16(19,22-14)9-13(17)18/h2-8,13,20H,9,19H2,1H3,(H,21,22). The largest absolute Gasteiger partial charge is 0.497 e. The summed E-state index contributed by atoms with van der Waals surface area (Å²) in [6.07, 6.45) is -0.179. The van der Waals surface area contributed by atoms with Crippen LogP contribution in [0.2, 0.25) is 0 Å². The first-order valence-electron chi connectivity index (χ1n) is 7.47. The Labute approximate surface area is 142 Å². The minimum Gasteiger partial charge on any atom is -0.497 e. The summed E-state index contributed by atoms with van der Waals surface area (Å²) in [5.74, 6) is -0.225. The third-order valence-electron chi connectivity index (χ3n) is 3.51. The number of hydrogen-bond acceptors (Lipinski definition) is 7. The zero-order valence-electron chi connectivity index (χ0n) is 13.4. The summed E-state index contributed by atoms with van der Waals surface area (Å²) < 4.78 is 35.5. The number of methoxy groups -OCH3 is 1. The van der Waals surface area contributed by atoms with Crippen molar-refractivity contribution in [2.45, 2.75) is 18.6 Å². The predicted molar refractivity (Wildman–Crippen MR) is 89.4 cm³/mol. The average Bonchev–Trinajstić information content (AvgIpc) is 3.02. The van der Waals surface area contributed by atoms with Crippen LogP contribution in [0.5, 0.6) is 5.75 Å². The molecule has 7 nitrogen and oxygen atoms in total. The molecule has 1 aromatic heterocycles. The van der Waals surface area contributed by atoms with Crippen molar-refractivity contribution in [2.24, 2.45) is 10.7 Å². The van der Waals surface area contributed by atoms with E-state index in [1.54, 1.807) is 19.3 Å². The summed E-state index contributed by atoms with van der Waals surface area (Å²) in [7, 11) is 1.59. The maximum absolute atomic E-state index is 12.6. The number of rotatable bonds is 5. The number of hydrogen-bond donors (Lipinski definition) is 3. The van der Waals surface area contributed by atoms with E-state index in [2.05, 4.69) is 20.8 Å². The second-order valence-corrected chi connectivity index (χ2v) is 5.42. The maximum atomic E-state index is 12.6. The molecule has 1 unspecified atom stereocenters. The van der Waals surface area contributed by atoms with Crippen molar-refractivity contribution in [1.29, 1.82) is 0 Å². The second kappa shape index (κ2) is 6.89. The normalized spacial score (nSPS) is 19.5. The second-order valence-electron chi connectivity index (χ2n) is 5.42. The molecule has 0 amide bonds. The number of benzene rings is 1. The molecule has 0 spiro atoms. The molecular formula is C16H17F2N5O2. The van der Waals surface area contributed by atoms with Crippen molar-refractivity contribution in [3.63, 3.8) is 0 Å². The van der Waals surface area contributed by atoms with Crippen molar-refractivity contribution in [3.8, 4) is 17.0 Å². The molecule has 0 fully saturated rings. The number of nitrogens with two attached hydrogens (primary N) is 1. The van der Waals surface area contributed by atoms with Crippen LogP contribution in [0.25, 0.3) is 11.3 Å². The van der Waals surface area contributed by atoms with Crippen LogP contribution in [0.15, 0.2) is 52.1 Å². The lowest BCUT2D eigenvalue weighted by atomic mass is 10.1. The highest BCUT2D eigenvalue weighted by Gasteiger charge is 2.29. The Hall–Kier alpha value is -2.94. The lowest BCUT2D eigenvalue weighted by Gasteiger charge is -2.28. The lowest BCUT2D eigenvalue weighted by molar-refractivity contribution is 0.0998. The van der Waals surface area contributed by atoms with Gasteiger partial charge in [-0.2, -0.15) is 0 Å². The van der Waals surface area contributed by atoms with Gasteiger partial charge in [-0.25, -0.2) is 13.8 Å². The van der Waals surface area contributed by atoms with E-state index in [9.17, 15) is 8.78 Å². The number of nitrogens with one attached hydrogen (secondary N) is 2. The molecule has 2 heterocycles. The van der Waals surface area contributed by atoms with Crippen molar-refractivity contribution in [1.82, 2.24) is 10.5 Å². The SMILES string of the molecule is COc1ccc(-c2cc(NC3=NC(N)(CC(F)F)NC=C3)on2)cc1. The zero-order valence-corrected chi connectivity index (χ0v) is 13.4. The van der Waals surface area contributed by atoms with Gasteiger partial charge in [-0.05, 0) is 30.3 Å². The van der Waals surface area contributed by atoms with E-state index in [0.717, 1.165) is 11.3 Å². The van der Waals surface area contributed by atoms with Gasteiger partial charge in [0.25, 0.3) is 0 Å². The summed E-state index contributed by atoms with van der Waals surface area (Å²) in [4.78, 5) is 4.05. The van der Waals surface area contributed by atoms with Crippen LogP contribution in [0, 0.1) is 0 Å². The van der Waals surface area contributed by atoms with E-state index >= 15 is 0 Å². The van der Waals surface area contributed by atoms with Crippen LogP contribution in [-0.2, 0) is 0 Å². The number of aromatic nitrogens is 1. The number of alkyl halides is 2. The van der Waals surface area contributed by atoms with E-state index in [0.29, 0.717) is 17.4 Å². The first-order chi connectivity index (χ1) is 12.0. The van der Waals surface area contributed by atoms with Crippen molar-refractivity contribution < 1.29 is 18.0 Å². The summed E-state index contributed by atoms with van der Waals surface area (Å²) in [5, 5.41) is 9.45. The van der Waals surface area contributed by atoms with E-state index in [4.69, 9.17) is 15.0 Å². The van der Waals surface area contributed by atoms with Crippen molar-refractivity contribution in [2.75, 3.05) is 12.4 Å². The molecule has 0 saturated heterocycles. The molecule has 132 valence electrons. The summed E-state index contributed by atoms with van der Waals surface area (Å²) in [6.45, 7) is 0. The molecule has 1 aliphatic rings. The molecule has 25 heavy (non-hydrogen) atoms. The van der Waals surface area contributed by atoms with E-state index < -0.39 is 18.6 Å². The van der Waals surface area contributed by atoms with Crippen molar-refractivity contribution >= 4 is 11.7 Å². The number of aliphatic imine (C=N–C) groups is 1. The third-order valence-corrected chi connectivity index (χ3v) is 3.51. The number of nitrogens with zero attached hydrogens (tertiary/aromatic N) is 2. The van der Waals surface area contributed by atoms with E-state index in [-0.39, 0.29) is 0 Å². The van der Waals surface area contributed by atoms with E-state index in [1.807, 2.05) is 24.3 Å². The van der Waals surface area contributed by atoms with Gasteiger partial charge in [-0.15, -0.1) is 0 Å². The summed E-state index contributed by atoms with van der Waals surface area (Å²) in [6, 6.07) is 8.98. The van der Waals surface area contributed by atoms with Crippen LogP contribution in [0.1, 0.15) is 6.42 Å². The maximum Gasteiger partial charge on any atom is 0.244 e.